The Labute approximate surface area is 145 Å². The molecular formula is C21H41NO. The quantitative estimate of drug-likeness (QED) is 0.391. The van der Waals surface area contributed by atoms with Crippen molar-refractivity contribution in [3.8, 4) is 0 Å². The molecule has 1 aliphatic rings. The van der Waals surface area contributed by atoms with Crippen LogP contribution >= 0.6 is 0 Å². The van der Waals surface area contributed by atoms with E-state index in [1.165, 1.54) is 89.9 Å². The molecule has 0 heterocycles. The van der Waals surface area contributed by atoms with Crippen LogP contribution in [-0.2, 0) is 4.79 Å². The molecule has 2 nitrogen and oxygen atoms in total. The molecule has 1 N–H and O–H groups in total. The van der Waals surface area contributed by atoms with Crippen LogP contribution in [0.15, 0.2) is 0 Å². The lowest BCUT2D eigenvalue weighted by molar-refractivity contribution is -0.121. The van der Waals surface area contributed by atoms with Gasteiger partial charge in [0.1, 0.15) is 0 Å². The van der Waals surface area contributed by atoms with Gasteiger partial charge in [0.15, 0.2) is 0 Å². The third-order valence-corrected chi connectivity index (χ3v) is 5.83. The number of hydrogen-bond acceptors (Lipinski definition) is 1. The molecule has 1 aliphatic carbocycles. The average Bonchev–Trinajstić information content (AvgIpc) is 2.59. The molecule has 1 fully saturated rings. The molecule has 1 amide bonds. The molecule has 0 bridgehead atoms. The van der Waals surface area contributed by atoms with Crippen LogP contribution in [0.3, 0.4) is 0 Å². The van der Waals surface area contributed by atoms with Crippen molar-refractivity contribution in [2.45, 2.75) is 117 Å². The van der Waals surface area contributed by atoms with Crippen molar-refractivity contribution in [3.05, 3.63) is 0 Å². The highest BCUT2D eigenvalue weighted by Crippen LogP contribution is 2.38. The first-order valence-electron chi connectivity index (χ1n) is 10.5. The molecule has 136 valence electrons. The van der Waals surface area contributed by atoms with Gasteiger partial charge in [0.25, 0.3) is 0 Å². The maximum atomic E-state index is 12.0. The van der Waals surface area contributed by atoms with Gasteiger partial charge in [-0.1, -0.05) is 84.5 Å². The van der Waals surface area contributed by atoms with E-state index in [0.29, 0.717) is 5.41 Å². The zero-order chi connectivity index (χ0) is 16.8. The van der Waals surface area contributed by atoms with Crippen LogP contribution in [-0.4, -0.2) is 12.5 Å². The average molecular weight is 324 g/mol. The molecule has 0 aromatic rings. The Hall–Kier alpha value is -0.530. The molecule has 0 saturated heterocycles. The summed E-state index contributed by atoms with van der Waals surface area (Å²) < 4.78 is 0. The van der Waals surface area contributed by atoms with Gasteiger partial charge in [-0.15, -0.1) is 0 Å². The number of unbranched alkanes of at least 4 members (excludes halogenated alkanes) is 8. The highest BCUT2D eigenvalue weighted by Gasteiger charge is 2.30. The van der Waals surface area contributed by atoms with Crippen molar-refractivity contribution in [2.75, 3.05) is 6.54 Å². The summed E-state index contributed by atoms with van der Waals surface area (Å²) in [5, 5.41) is 3.23. The lowest BCUT2D eigenvalue weighted by Crippen LogP contribution is -2.38. The maximum absolute atomic E-state index is 12.0. The Kier molecular flexibility index (Phi) is 11.5. The Balaban J connectivity index is 1.97. The first kappa shape index (κ1) is 20.5. The van der Waals surface area contributed by atoms with Crippen molar-refractivity contribution in [1.82, 2.24) is 5.32 Å². The third kappa shape index (κ3) is 9.37. The fraction of sp³-hybridized carbons (Fsp3) is 0.952. The summed E-state index contributed by atoms with van der Waals surface area (Å²) in [6, 6.07) is 0. The van der Waals surface area contributed by atoms with Gasteiger partial charge in [-0.2, -0.15) is 0 Å². The van der Waals surface area contributed by atoms with Crippen LogP contribution in [0.2, 0.25) is 0 Å². The molecule has 0 aromatic heterocycles. The molecule has 0 atom stereocenters. The molecule has 2 heteroatoms. The largest absolute Gasteiger partial charge is 0.356 e. The van der Waals surface area contributed by atoms with E-state index in [2.05, 4.69) is 19.2 Å². The van der Waals surface area contributed by atoms with Crippen molar-refractivity contribution in [3.63, 3.8) is 0 Å². The third-order valence-electron chi connectivity index (χ3n) is 5.83. The first-order valence-corrected chi connectivity index (χ1v) is 10.5. The standard InChI is InChI=1S/C21H41NO/c1-3-5-6-7-8-9-10-11-13-16-20(23)22-19-21(4-2)17-14-12-15-18-21/h3-19H2,1-2H3,(H,22,23). The van der Waals surface area contributed by atoms with Crippen LogP contribution in [0.4, 0.5) is 0 Å². The second kappa shape index (κ2) is 12.8. The predicted octanol–water partition coefficient (Wildman–Crippen LogP) is 6.38. The minimum absolute atomic E-state index is 0.284. The summed E-state index contributed by atoms with van der Waals surface area (Å²) in [5.41, 5.74) is 0.409. The van der Waals surface area contributed by atoms with E-state index in [-0.39, 0.29) is 5.91 Å². The van der Waals surface area contributed by atoms with E-state index in [1.807, 2.05) is 0 Å². The van der Waals surface area contributed by atoms with Gasteiger partial charge in [0, 0.05) is 13.0 Å². The van der Waals surface area contributed by atoms with Crippen molar-refractivity contribution in [1.29, 1.82) is 0 Å². The van der Waals surface area contributed by atoms with E-state index in [1.54, 1.807) is 0 Å². The normalized spacial score (nSPS) is 17.1. The summed E-state index contributed by atoms with van der Waals surface area (Å²) in [4.78, 5) is 12.0. The van der Waals surface area contributed by atoms with Crippen LogP contribution < -0.4 is 5.32 Å². The summed E-state index contributed by atoms with van der Waals surface area (Å²) >= 11 is 0. The molecule has 1 saturated carbocycles. The first-order chi connectivity index (χ1) is 11.2. The number of hydrogen-bond donors (Lipinski definition) is 1. The summed E-state index contributed by atoms with van der Waals surface area (Å²) in [5.74, 6) is 0.284. The van der Waals surface area contributed by atoms with Gasteiger partial charge in [-0.3, -0.25) is 4.79 Å². The van der Waals surface area contributed by atoms with E-state index >= 15 is 0 Å². The fourth-order valence-corrected chi connectivity index (χ4v) is 3.93. The highest BCUT2D eigenvalue weighted by molar-refractivity contribution is 5.75. The number of carbonyl (C=O) groups is 1. The van der Waals surface area contributed by atoms with Crippen molar-refractivity contribution < 1.29 is 4.79 Å². The molecule has 0 spiro atoms. The SMILES string of the molecule is CCCCCCCCCCCC(=O)NCC1(CC)CCCCC1. The molecule has 23 heavy (non-hydrogen) atoms. The van der Waals surface area contributed by atoms with Crippen molar-refractivity contribution >= 4 is 5.91 Å². The van der Waals surface area contributed by atoms with Gasteiger partial charge < -0.3 is 5.32 Å². The highest BCUT2D eigenvalue weighted by atomic mass is 16.1. The number of carbonyl (C=O) groups excluding carboxylic acids is 1. The minimum atomic E-state index is 0.284. The fourth-order valence-electron chi connectivity index (χ4n) is 3.93. The summed E-state index contributed by atoms with van der Waals surface area (Å²) in [7, 11) is 0. The molecule has 0 radical (unpaired) electrons. The lowest BCUT2D eigenvalue weighted by Gasteiger charge is -2.36. The second-order valence-electron chi connectivity index (χ2n) is 7.77. The minimum Gasteiger partial charge on any atom is -0.356 e. The number of amides is 1. The van der Waals surface area contributed by atoms with E-state index in [0.717, 1.165) is 19.4 Å². The predicted molar refractivity (Wildman–Crippen MR) is 101 cm³/mol. The van der Waals surface area contributed by atoms with E-state index < -0.39 is 0 Å². The molecule has 0 unspecified atom stereocenters. The monoisotopic (exact) mass is 323 g/mol. The molecule has 0 aliphatic heterocycles. The Bertz CT molecular complexity index is 294. The zero-order valence-corrected chi connectivity index (χ0v) is 15.9. The van der Waals surface area contributed by atoms with Gasteiger partial charge in [-0.05, 0) is 31.1 Å². The van der Waals surface area contributed by atoms with Gasteiger partial charge in [0.05, 0.1) is 0 Å². The molecule has 0 aromatic carbocycles. The van der Waals surface area contributed by atoms with Crippen LogP contribution in [0.25, 0.3) is 0 Å². The topological polar surface area (TPSA) is 29.1 Å². The van der Waals surface area contributed by atoms with Crippen molar-refractivity contribution in [2.24, 2.45) is 5.41 Å². The summed E-state index contributed by atoms with van der Waals surface area (Å²) in [6.45, 7) is 5.47. The number of rotatable bonds is 13. The smallest absolute Gasteiger partial charge is 0.220 e. The number of nitrogens with one attached hydrogen (secondary N) is 1. The maximum Gasteiger partial charge on any atom is 0.220 e. The van der Waals surface area contributed by atoms with Gasteiger partial charge >= 0.3 is 0 Å². The van der Waals surface area contributed by atoms with Gasteiger partial charge in [0.2, 0.25) is 5.91 Å². The second-order valence-corrected chi connectivity index (χ2v) is 7.77. The van der Waals surface area contributed by atoms with Crippen LogP contribution in [0, 0.1) is 5.41 Å². The zero-order valence-electron chi connectivity index (χ0n) is 15.9. The Morgan fingerprint density at radius 2 is 1.39 bits per heavy atom. The van der Waals surface area contributed by atoms with Crippen LogP contribution in [0.5, 0.6) is 0 Å². The van der Waals surface area contributed by atoms with Crippen LogP contribution in [0.1, 0.15) is 117 Å². The van der Waals surface area contributed by atoms with E-state index in [4.69, 9.17) is 0 Å². The van der Waals surface area contributed by atoms with Gasteiger partial charge in [-0.25, -0.2) is 0 Å². The Morgan fingerprint density at radius 1 is 0.826 bits per heavy atom. The summed E-state index contributed by atoms with van der Waals surface area (Å²) in [6.07, 6.45) is 20.5. The van der Waals surface area contributed by atoms with E-state index in [9.17, 15) is 4.79 Å². The lowest BCUT2D eigenvalue weighted by atomic mass is 9.72. The molecule has 1 rings (SSSR count). The molecular weight excluding hydrogens is 282 g/mol. The Morgan fingerprint density at radius 3 is 1.96 bits per heavy atom.